The van der Waals surface area contributed by atoms with Gasteiger partial charge in [0.15, 0.2) is 0 Å². The van der Waals surface area contributed by atoms with Crippen LogP contribution in [0.1, 0.15) is 41.0 Å². The Morgan fingerprint density at radius 3 is 2.31 bits per heavy atom. The van der Waals surface area contributed by atoms with Crippen molar-refractivity contribution in [1.82, 2.24) is 10.2 Å². The summed E-state index contributed by atoms with van der Waals surface area (Å²) >= 11 is 0. The summed E-state index contributed by atoms with van der Waals surface area (Å²) in [6.45, 7) is 10.6. The van der Waals surface area contributed by atoms with Gasteiger partial charge in [0.2, 0.25) is 5.91 Å². The minimum atomic E-state index is -0.161. The Kier molecular flexibility index (Phi) is 5.97. The summed E-state index contributed by atoms with van der Waals surface area (Å²) < 4.78 is 0. The third kappa shape index (κ3) is 4.10. The highest BCUT2D eigenvalue weighted by Crippen LogP contribution is 2.14. The van der Waals surface area contributed by atoms with Gasteiger partial charge in [-0.15, -0.1) is 0 Å². The van der Waals surface area contributed by atoms with Gasteiger partial charge in [0, 0.05) is 18.1 Å². The van der Waals surface area contributed by atoms with Crippen LogP contribution in [0.25, 0.3) is 0 Å². The largest absolute Gasteiger partial charge is 0.352 e. The van der Waals surface area contributed by atoms with E-state index in [1.54, 1.807) is 0 Å². The number of carbonyl (C=O) groups excluding carboxylic acids is 1. The van der Waals surface area contributed by atoms with Crippen LogP contribution in [0, 0.1) is 0 Å². The van der Waals surface area contributed by atoms with Crippen molar-refractivity contribution in [3.63, 3.8) is 0 Å². The average Bonchev–Trinajstić information content (AvgIpc) is 2.26. The van der Waals surface area contributed by atoms with E-state index in [0.717, 1.165) is 6.42 Å². The Bertz CT molecular complexity index is 228. The number of likely N-dealkylation sites (N-methyl/N-ethyl adjacent to an activating group) is 1. The minimum absolute atomic E-state index is 0.0679. The lowest BCUT2D eigenvalue weighted by molar-refractivity contribution is -0.127. The molecule has 0 bridgehead atoms. The number of carbonyl (C=O) groups is 1. The Labute approximate surface area is 99.6 Å². The molecule has 0 spiro atoms. The van der Waals surface area contributed by atoms with Crippen LogP contribution >= 0.6 is 0 Å². The Hall–Kier alpha value is -0.610. The standard InChI is InChI=1S/C12H27N3O/c1-7-9(2)14-11(16)10(3)15(6)12(4,5)8-13/h9-10H,7-8,13H2,1-6H3,(H,14,16). The van der Waals surface area contributed by atoms with Gasteiger partial charge < -0.3 is 11.1 Å². The van der Waals surface area contributed by atoms with Crippen LogP contribution in [0.2, 0.25) is 0 Å². The third-order valence-corrected chi connectivity index (χ3v) is 3.42. The summed E-state index contributed by atoms with van der Waals surface area (Å²) in [6, 6.07) is 0.0666. The zero-order valence-corrected chi connectivity index (χ0v) is 11.5. The van der Waals surface area contributed by atoms with E-state index in [2.05, 4.69) is 12.2 Å². The molecule has 0 saturated carbocycles. The molecule has 96 valence electrons. The molecule has 0 aliphatic carbocycles. The van der Waals surface area contributed by atoms with Gasteiger partial charge in [-0.2, -0.15) is 0 Å². The number of rotatable bonds is 6. The molecule has 0 saturated heterocycles. The van der Waals surface area contributed by atoms with Gasteiger partial charge in [-0.3, -0.25) is 9.69 Å². The van der Waals surface area contributed by atoms with Crippen LogP contribution in [-0.2, 0) is 4.79 Å². The number of nitrogens with two attached hydrogens (primary N) is 1. The number of hydrogen-bond acceptors (Lipinski definition) is 3. The van der Waals surface area contributed by atoms with E-state index in [4.69, 9.17) is 5.73 Å². The van der Waals surface area contributed by atoms with E-state index >= 15 is 0 Å². The molecule has 4 nitrogen and oxygen atoms in total. The fourth-order valence-corrected chi connectivity index (χ4v) is 1.31. The lowest BCUT2D eigenvalue weighted by Crippen LogP contribution is -2.56. The molecule has 2 unspecified atom stereocenters. The van der Waals surface area contributed by atoms with Gasteiger partial charge in [-0.05, 0) is 41.2 Å². The second-order valence-electron chi connectivity index (χ2n) is 5.12. The molecule has 3 N–H and O–H groups in total. The first kappa shape index (κ1) is 15.4. The molecule has 0 heterocycles. The Balaban J connectivity index is 4.43. The maximum Gasteiger partial charge on any atom is 0.237 e. The molecular formula is C12H27N3O. The molecule has 0 aliphatic rings. The molecule has 0 fully saturated rings. The van der Waals surface area contributed by atoms with Crippen molar-refractivity contribution in [1.29, 1.82) is 0 Å². The van der Waals surface area contributed by atoms with E-state index in [1.165, 1.54) is 0 Å². The molecule has 0 rings (SSSR count). The summed E-state index contributed by atoms with van der Waals surface area (Å²) in [5, 5.41) is 2.98. The van der Waals surface area contributed by atoms with Crippen molar-refractivity contribution in [2.24, 2.45) is 5.73 Å². The second kappa shape index (κ2) is 6.21. The van der Waals surface area contributed by atoms with Crippen molar-refractivity contribution in [3.8, 4) is 0 Å². The van der Waals surface area contributed by atoms with Crippen LogP contribution in [-0.4, -0.2) is 42.0 Å². The molecule has 16 heavy (non-hydrogen) atoms. The molecule has 0 aromatic heterocycles. The summed E-state index contributed by atoms with van der Waals surface area (Å²) in [4.78, 5) is 13.9. The fourth-order valence-electron chi connectivity index (χ4n) is 1.31. The molecule has 1 amide bonds. The minimum Gasteiger partial charge on any atom is -0.352 e. The zero-order chi connectivity index (χ0) is 12.9. The Morgan fingerprint density at radius 1 is 1.44 bits per heavy atom. The molecule has 4 heteroatoms. The van der Waals surface area contributed by atoms with Gasteiger partial charge in [0.25, 0.3) is 0 Å². The first-order valence-electron chi connectivity index (χ1n) is 5.99. The number of amides is 1. The van der Waals surface area contributed by atoms with Gasteiger partial charge in [0.05, 0.1) is 6.04 Å². The maximum atomic E-state index is 11.9. The Morgan fingerprint density at radius 2 is 1.94 bits per heavy atom. The van der Waals surface area contributed by atoms with Crippen LogP contribution in [0.15, 0.2) is 0 Å². The van der Waals surface area contributed by atoms with Gasteiger partial charge in [-0.1, -0.05) is 6.92 Å². The molecule has 0 aromatic rings. The highest BCUT2D eigenvalue weighted by molar-refractivity contribution is 5.81. The highest BCUT2D eigenvalue weighted by Gasteiger charge is 2.29. The summed E-state index contributed by atoms with van der Waals surface area (Å²) in [5.74, 6) is 0.0679. The zero-order valence-electron chi connectivity index (χ0n) is 11.5. The molecular weight excluding hydrogens is 202 g/mol. The van der Waals surface area contributed by atoms with Gasteiger partial charge in [0.1, 0.15) is 0 Å². The molecule has 0 aromatic carbocycles. The lowest BCUT2D eigenvalue weighted by Gasteiger charge is -2.38. The summed E-state index contributed by atoms with van der Waals surface area (Å²) in [7, 11) is 1.94. The fraction of sp³-hybridized carbons (Fsp3) is 0.917. The molecule has 2 atom stereocenters. The van der Waals surface area contributed by atoms with Crippen LogP contribution in [0.5, 0.6) is 0 Å². The topological polar surface area (TPSA) is 58.4 Å². The maximum absolute atomic E-state index is 11.9. The summed E-state index contributed by atoms with van der Waals surface area (Å²) in [6.07, 6.45) is 0.947. The molecule has 0 radical (unpaired) electrons. The van der Waals surface area contributed by atoms with Crippen molar-refractivity contribution in [3.05, 3.63) is 0 Å². The summed E-state index contributed by atoms with van der Waals surface area (Å²) in [5.41, 5.74) is 5.54. The third-order valence-electron chi connectivity index (χ3n) is 3.42. The van der Waals surface area contributed by atoms with E-state index in [9.17, 15) is 4.79 Å². The average molecular weight is 229 g/mol. The first-order valence-corrected chi connectivity index (χ1v) is 5.99. The predicted molar refractivity (Wildman–Crippen MR) is 68.3 cm³/mol. The molecule has 0 aliphatic heterocycles. The van der Waals surface area contributed by atoms with Gasteiger partial charge in [-0.25, -0.2) is 0 Å². The van der Waals surface area contributed by atoms with Crippen LogP contribution in [0.4, 0.5) is 0 Å². The number of nitrogens with one attached hydrogen (secondary N) is 1. The van der Waals surface area contributed by atoms with Crippen molar-refractivity contribution >= 4 is 5.91 Å². The van der Waals surface area contributed by atoms with Gasteiger partial charge >= 0.3 is 0 Å². The first-order chi connectivity index (χ1) is 7.26. The van der Waals surface area contributed by atoms with Crippen molar-refractivity contribution in [2.45, 2.75) is 58.7 Å². The van der Waals surface area contributed by atoms with E-state index in [1.807, 2.05) is 39.6 Å². The predicted octanol–water partition coefficient (Wildman–Crippen LogP) is 0.959. The quantitative estimate of drug-likeness (QED) is 0.713. The van der Waals surface area contributed by atoms with E-state index < -0.39 is 0 Å². The highest BCUT2D eigenvalue weighted by atomic mass is 16.2. The smallest absolute Gasteiger partial charge is 0.237 e. The van der Waals surface area contributed by atoms with E-state index in [0.29, 0.717) is 6.54 Å². The number of nitrogens with zero attached hydrogens (tertiary/aromatic N) is 1. The normalized spacial score (nSPS) is 16.0. The second-order valence-corrected chi connectivity index (χ2v) is 5.12. The van der Waals surface area contributed by atoms with Crippen molar-refractivity contribution in [2.75, 3.05) is 13.6 Å². The van der Waals surface area contributed by atoms with Crippen molar-refractivity contribution < 1.29 is 4.79 Å². The monoisotopic (exact) mass is 229 g/mol. The number of hydrogen-bond donors (Lipinski definition) is 2. The SMILES string of the molecule is CCC(C)NC(=O)C(C)N(C)C(C)(C)CN. The lowest BCUT2D eigenvalue weighted by atomic mass is 10.0. The van der Waals surface area contributed by atoms with Crippen LogP contribution in [0.3, 0.4) is 0 Å². The van der Waals surface area contributed by atoms with E-state index in [-0.39, 0.29) is 23.5 Å². The van der Waals surface area contributed by atoms with Crippen LogP contribution < -0.4 is 11.1 Å².